The fourth-order valence-electron chi connectivity index (χ4n) is 3.06. The Balaban J connectivity index is 1.72. The van der Waals surface area contributed by atoms with Crippen molar-refractivity contribution in [3.63, 3.8) is 0 Å². The first-order valence-electron chi connectivity index (χ1n) is 9.95. The summed E-state index contributed by atoms with van der Waals surface area (Å²) in [6.45, 7) is 0. The second kappa shape index (κ2) is 10.8. The molecule has 3 aromatic carbocycles. The van der Waals surface area contributed by atoms with E-state index in [9.17, 15) is 14.4 Å². The predicted octanol–water partition coefficient (Wildman–Crippen LogP) is 4.24. The Morgan fingerprint density at radius 1 is 0.727 bits per heavy atom. The van der Waals surface area contributed by atoms with E-state index >= 15 is 0 Å². The Hall–Kier alpha value is -4.33. The van der Waals surface area contributed by atoms with Crippen LogP contribution < -0.4 is 14.8 Å². The number of benzene rings is 3. The summed E-state index contributed by atoms with van der Waals surface area (Å²) >= 11 is 0. The zero-order chi connectivity index (χ0) is 23.8. The zero-order valence-corrected chi connectivity index (χ0v) is 18.4. The summed E-state index contributed by atoms with van der Waals surface area (Å²) in [5, 5.41) is 2.83. The Bertz CT molecular complexity index is 1160. The summed E-state index contributed by atoms with van der Waals surface area (Å²) < 4.78 is 20.4. The molecule has 8 heteroatoms. The number of hydrogen-bond donors (Lipinski definition) is 1. The largest absolute Gasteiger partial charge is 0.497 e. The monoisotopic (exact) mass is 449 g/mol. The van der Waals surface area contributed by atoms with Crippen molar-refractivity contribution in [1.82, 2.24) is 0 Å². The van der Waals surface area contributed by atoms with Crippen LogP contribution in [0.15, 0.2) is 66.7 Å². The van der Waals surface area contributed by atoms with E-state index in [0.29, 0.717) is 17.2 Å². The van der Waals surface area contributed by atoms with E-state index in [1.807, 2.05) is 12.1 Å². The molecule has 0 atom stereocenters. The van der Waals surface area contributed by atoms with E-state index < -0.39 is 11.9 Å². The average molecular weight is 449 g/mol. The molecule has 0 saturated carbocycles. The molecular weight excluding hydrogens is 426 g/mol. The first-order chi connectivity index (χ1) is 15.9. The highest BCUT2D eigenvalue weighted by atomic mass is 16.5. The number of carbonyl (C=O) groups excluding carboxylic acids is 3. The number of anilines is 1. The van der Waals surface area contributed by atoms with Gasteiger partial charge >= 0.3 is 11.9 Å². The molecule has 0 aliphatic carbocycles. The van der Waals surface area contributed by atoms with Gasteiger partial charge in [0, 0.05) is 11.8 Å². The predicted molar refractivity (Wildman–Crippen MR) is 121 cm³/mol. The SMILES string of the molecule is COC(=O)c1ccc(Oc2cccc(NC(=O)Cc3ccc(OC)cc3)c2)cc1C(=O)OC. The molecule has 1 N–H and O–H groups in total. The van der Waals surface area contributed by atoms with E-state index in [0.717, 1.165) is 11.3 Å². The van der Waals surface area contributed by atoms with Gasteiger partial charge in [0.1, 0.15) is 17.2 Å². The number of carbonyl (C=O) groups is 3. The molecule has 0 saturated heterocycles. The summed E-state index contributed by atoms with van der Waals surface area (Å²) in [4.78, 5) is 36.4. The summed E-state index contributed by atoms with van der Waals surface area (Å²) in [6.07, 6.45) is 0.201. The van der Waals surface area contributed by atoms with Gasteiger partial charge in [0.25, 0.3) is 0 Å². The number of methoxy groups -OCH3 is 3. The molecule has 3 rings (SSSR count). The minimum absolute atomic E-state index is 0.0193. The molecule has 0 radical (unpaired) electrons. The topological polar surface area (TPSA) is 100 Å². The van der Waals surface area contributed by atoms with Crippen LogP contribution in [0.1, 0.15) is 26.3 Å². The molecule has 0 unspecified atom stereocenters. The first kappa shape index (κ1) is 23.3. The summed E-state index contributed by atoms with van der Waals surface area (Å²) in [7, 11) is 4.03. The summed E-state index contributed by atoms with van der Waals surface area (Å²) in [5.74, 6) is -0.0840. The molecule has 170 valence electrons. The van der Waals surface area contributed by atoms with Gasteiger partial charge in [-0.25, -0.2) is 9.59 Å². The molecular formula is C25H23NO7. The fourth-order valence-corrected chi connectivity index (χ4v) is 3.06. The van der Waals surface area contributed by atoms with Crippen LogP contribution in [-0.2, 0) is 20.7 Å². The van der Waals surface area contributed by atoms with E-state index in [4.69, 9.17) is 18.9 Å². The summed E-state index contributed by atoms with van der Waals surface area (Å²) in [5.41, 5.74) is 1.48. The fraction of sp³-hybridized carbons (Fsp3) is 0.160. The maximum Gasteiger partial charge on any atom is 0.338 e. The molecule has 0 fully saturated rings. The normalized spacial score (nSPS) is 10.2. The molecule has 8 nitrogen and oxygen atoms in total. The van der Waals surface area contributed by atoms with Gasteiger partial charge < -0.3 is 24.3 Å². The van der Waals surface area contributed by atoms with Gasteiger partial charge in [-0.1, -0.05) is 18.2 Å². The van der Waals surface area contributed by atoms with E-state index in [2.05, 4.69) is 5.32 Å². The molecule has 0 aliphatic rings. The molecule has 0 aromatic heterocycles. The van der Waals surface area contributed by atoms with Gasteiger partial charge in [0.05, 0.1) is 38.9 Å². The quantitative estimate of drug-likeness (QED) is 0.513. The van der Waals surface area contributed by atoms with Crippen molar-refractivity contribution in [1.29, 1.82) is 0 Å². The standard InChI is InChI=1S/C25H23NO7/c1-30-18-9-7-16(8-10-18)13-23(27)26-17-5-4-6-19(14-17)33-20-11-12-21(24(28)31-2)22(15-20)25(29)32-3/h4-12,14-15H,13H2,1-3H3,(H,26,27). The highest BCUT2D eigenvalue weighted by molar-refractivity contribution is 6.03. The van der Waals surface area contributed by atoms with Crippen LogP contribution in [0.5, 0.6) is 17.2 Å². The molecule has 3 aromatic rings. The van der Waals surface area contributed by atoms with Gasteiger partial charge in [-0.2, -0.15) is 0 Å². The van der Waals surface area contributed by atoms with Crippen LogP contribution in [0.3, 0.4) is 0 Å². The zero-order valence-electron chi connectivity index (χ0n) is 18.4. The molecule has 0 bridgehead atoms. The number of hydrogen-bond acceptors (Lipinski definition) is 7. The second-order valence-corrected chi connectivity index (χ2v) is 6.89. The Morgan fingerprint density at radius 2 is 1.36 bits per heavy atom. The smallest absolute Gasteiger partial charge is 0.338 e. The van der Waals surface area contributed by atoms with Crippen LogP contribution in [0.4, 0.5) is 5.69 Å². The van der Waals surface area contributed by atoms with Gasteiger partial charge in [0.15, 0.2) is 0 Å². The molecule has 0 spiro atoms. The van der Waals surface area contributed by atoms with Gasteiger partial charge in [-0.05, 0) is 48.0 Å². The lowest BCUT2D eigenvalue weighted by Crippen LogP contribution is -2.14. The lowest BCUT2D eigenvalue weighted by atomic mass is 10.1. The highest BCUT2D eigenvalue weighted by Gasteiger charge is 2.19. The number of amides is 1. The lowest BCUT2D eigenvalue weighted by molar-refractivity contribution is -0.115. The third-order valence-electron chi connectivity index (χ3n) is 4.68. The van der Waals surface area contributed by atoms with Crippen molar-refractivity contribution in [2.75, 3.05) is 26.6 Å². The van der Waals surface area contributed by atoms with Gasteiger partial charge in [0.2, 0.25) is 5.91 Å². The van der Waals surface area contributed by atoms with Crippen molar-refractivity contribution >= 4 is 23.5 Å². The maximum absolute atomic E-state index is 12.4. The number of ether oxygens (including phenoxy) is 4. The van der Waals surface area contributed by atoms with Crippen LogP contribution in [0.2, 0.25) is 0 Å². The average Bonchev–Trinajstić information content (AvgIpc) is 2.83. The van der Waals surface area contributed by atoms with Crippen molar-refractivity contribution in [2.24, 2.45) is 0 Å². The van der Waals surface area contributed by atoms with Crippen LogP contribution >= 0.6 is 0 Å². The first-order valence-corrected chi connectivity index (χ1v) is 9.95. The number of rotatable bonds is 8. The van der Waals surface area contributed by atoms with E-state index in [1.54, 1.807) is 43.5 Å². The Labute approximate surface area is 191 Å². The number of nitrogens with one attached hydrogen (secondary N) is 1. The van der Waals surface area contributed by atoms with E-state index in [-0.39, 0.29) is 23.5 Å². The summed E-state index contributed by atoms with van der Waals surface area (Å²) in [6, 6.07) is 18.4. The van der Waals surface area contributed by atoms with Crippen molar-refractivity contribution < 1.29 is 33.3 Å². The molecule has 0 aliphatic heterocycles. The van der Waals surface area contributed by atoms with Gasteiger partial charge in [-0.3, -0.25) is 4.79 Å². The molecule has 1 amide bonds. The second-order valence-electron chi connectivity index (χ2n) is 6.89. The van der Waals surface area contributed by atoms with Gasteiger partial charge in [-0.15, -0.1) is 0 Å². The Morgan fingerprint density at radius 3 is 2.03 bits per heavy atom. The number of esters is 2. The van der Waals surface area contributed by atoms with Crippen LogP contribution in [0, 0.1) is 0 Å². The van der Waals surface area contributed by atoms with Crippen molar-refractivity contribution in [2.45, 2.75) is 6.42 Å². The minimum Gasteiger partial charge on any atom is -0.497 e. The molecule has 33 heavy (non-hydrogen) atoms. The Kier molecular flexibility index (Phi) is 7.64. The van der Waals surface area contributed by atoms with Crippen molar-refractivity contribution in [3.05, 3.63) is 83.4 Å². The third-order valence-corrected chi connectivity index (χ3v) is 4.68. The molecule has 0 heterocycles. The third kappa shape index (κ3) is 6.10. The highest BCUT2D eigenvalue weighted by Crippen LogP contribution is 2.27. The van der Waals surface area contributed by atoms with Crippen molar-refractivity contribution in [3.8, 4) is 17.2 Å². The minimum atomic E-state index is -0.694. The van der Waals surface area contributed by atoms with Crippen LogP contribution in [-0.4, -0.2) is 39.2 Å². The maximum atomic E-state index is 12.4. The van der Waals surface area contributed by atoms with E-state index in [1.165, 1.54) is 32.4 Å². The lowest BCUT2D eigenvalue weighted by Gasteiger charge is -2.12. The van der Waals surface area contributed by atoms with Crippen LogP contribution in [0.25, 0.3) is 0 Å².